The van der Waals surface area contributed by atoms with Crippen molar-refractivity contribution in [2.45, 2.75) is 67.7 Å². The van der Waals surface area contributed by atoms with Crippen LogP contribution in [0, 0.1) is 5.41 Å². The number of barbiturate groups is 1. The van der Waals surface area contributed by atoms with Gasteiger partial charge in [-0.25, -0.2) is 4.79 Å². The maximum absolute atomic E-state index is 12.3. The molecule has 1 heterocycles. The van der Waals surface area contributed by atoms with E-state index in [1.54, 1.807) is 12.2 Å². The molecule has 0 unspecified atom stereocenters. The highest BCUT2D eigenvalue weighted by Gasteiger charge is 2.40. The Morgan fingerprint density at radius 1 is 1.00 bits per heavy atom. The molecule has 5 heteroatoms. The molecular weight excluding hydrogens is 364 g/mol. The number of hydrogen-bond donors (Lipinski definition) is 0. The molecule has 164 valence electrons. The Balaban J connectivity index is 0. The number of amides is 4. The van der Waals surface area contributed by atoms with Crippen LogP contribution < -0.4 is 0 Å². The number of allylic oxidation sites excluding steroid dienone is 5. The third-order valence-corrected chi connectivity index (χ3v) is 3.91. The van der Waals surface area contributed by atoms with Gasteiger partial charge in [-0.15, -0.1) is 6.58 Å². The number of urea groups is 1. The summed E-state index contributed by atoms with van der Waals surface area (Å²) < 4.78 is 0. The molecule has 4 amide bonds. The lowest BCUT2D eigenvalue weighted by molar-refractivity contribution is -0.134. The average Bonchev–Trinajstić information content (AvgIpc) is 2.66. The van der Waals surface area contributed by atoms with E-state index >= 15 is 0 Å². The van der Waals surface area contributed by atoms with Crippen LogP contribution in [0.4, 0.5) is 4.79 Å². The third kappa shape index (κ3) is 8.22. The summed E-state index contributed by atoms with van der Waals surface area (Å²) in [6.45, 7) is 21.4. The molecule has 0 bridgehead atoms. The predicted octanol–water partition coefficient (Wildman–Crippen LogP) is 5.90. The SMILES string of the molecule is C=CC.C=CC1=CC(=C2C(=O)N(C)C(=O)N(C)C2=O)CC(C)(C)C1.CC.CCC. The monoisotopic (exact) mass is 404 g/mol. The van der Waals surface area contributed by atoms with Gasteiger partial charge in [0.05, 0.1) is 0 Å². The van der Waals surface area contributed by atoms with Gasteiger partial charge in [-0.3, -0.25) is 19.4 Å². The average molecular weight is 405 g/mol. The van der Waals surface area contributed by atoms with Gasteiger partial charge in [0.1, 0.15) is 5.57 Å². The van der Waals surface area contributed by atoms with Crippen LogP contribution in [0.3, 0.4) is 0 Å². The second kappa shape index (κ2) is 13.7. The Labute approximate surface area is 177 Å². The minimum Gasteiger partial charge on any atom is -0.268 e. The highest BCUT2D eigenvalue weighted by molar-refractivity contribution is 6.29. The molecule has 0 aromatic heterocycles. The molecule has 1 saturated heterocycles. The first-order chi connectivity index (χ1) is 13.5. The summed E-state index contributed by atoms with van der Waals surface area (Å²) in [5.41, 5.74) is 1.71. The summed E-state index contributed by atoms with van der Waals surface area (Å²) in [6, 6.07) is -0.600. The zero-order valence-electron chi connectivity index (χ0n) is 19.9. The summed E-state index contributed by atoms with van der Waals surface area (Å²) in [5.74, 6) is -1.06. The molecule has 2 rings (SSSR count). The lowest BCUT2D eigenvalue weighted by Gasteiger charge is -2.34. The number of carbonyl (C=O) groups is 3. The van der Waals surface area contributed by atoms with Crippen LogP contribution in [0.2, 0.25) is 0 Å². The molecule has 29 heavy (non-hydrogen) atoms. The Morgan fingerprint density at radius 2 is 1.38 bits per heavy atom. The van der Waals surface area contributed by atoms with E-state index in [0.717, 1.165) is 21.8 Å². The van der Waals surface area contributed by atoms with Crippen molar-refractivity contribution in [2.75, 3.05) is 14.1 Å². The number of carbonyl (C=O) groups excluding carboxylic acids is 3. The van der Waals surface area contributed by atoms with Crippen molar-refractivity contribution < 1.29 is 14.4 Å². The minimum atomic E-state index is -0.600. The molecule has 1 aliphatic heterocycles. The van der Waals surface area contributed by atoms with Crippen LogP contribution in [0.1, 0.15) is 67.7 Å². The fourth-order valence-electron chi connectivity index (χ4n) is 2.85. The van der Waals surface area contributed by atoms with Crippen molar-refractivity contribution in [1.82, 2.24) is 9.80 Å². The summed E-state index contributed by atoms with van der Waals surface area (Å²) in [4.78, 5) is 38.4. The number of hydrogen-bond acceptors (Lipinski definition) is 3. The number of nitrogens with zero attached hydrogens (tertiary/aromatic N) is 2. The molecule has 1 fully saturated rings. The van der Waals surface area contributed by atoms with Crippen molar-refractivity contribution >= 4 is 17.8 Å². The van der Waals surface area contributed by atoms with Crippen LogP contribution >= 0.6 is 0 Å². The molecule has 5 nitrogen and oxygen atoms in total. The quantitative estimate of drug-likeness (QED) is 0.310. The molecule has 0 saturated carbocycles. The van der Waals surface area contributed by atoms with Gasteiger partial charge in [0, 0.05) is 14.1 Å². The number of likely N-dealkylation sites (N-methyl/N-ethyl adjacent to an activating group) is 2. The van der Waals surface area contributed by atoms with Crippen LogP contribution in [-0.4, -0.2) is 41.7 Å². The van der Waals surface area contributed by atoms with E-state index in [-0.39, 0.29) is 11.0 Å². The highest BCUT2D eigenvalue weighted by Crippen LogP contribution is 2.40. The summed E-state index contributed by atoms with van der Waals surface area (Å²) in [6.07, 6.45) is 8.06. The highest BCUT2D eigenvalue weighted by atomic mass is 16.2. The lowest BCUT2D eigenvalue weighted by Crippen LogP contribution is -2.53. The second-order valence-electron chi connectivity index (χ2n) is 7.47. The largest absolute Gasteiger partial charge is 0.333 e. The van der Waals surface area contributed by atoms with E-state index in [2.05, 4.69) is 40.9 Å². The van der Waals surface area contributed by atoms with E-state index in [9.17, 15) is 14.4 Å². The van der Waals surface area contributed by atoms with Gasteiger partial charge in [0.25, 0.3) is 11.8 Å². The number of imide groups is 2. The molecule has 1 aliphatic carbocycles. The maximum atomic E-state index is 12.3. The lowest BCUT2D eigenvalue weighted by atomic mass is 9.74. The second-order valence-corrected chi connectivity index (χ2v) is 7.47. The van der Waals surface area contributed by atoms with Crippen molar-refractivity contribution in [1.29, 1.82) is 0 Å². The molecule has 0 aromatic carbocycles. The van der Waals surface area contributed by atoms with Crippen LogP contribution in [0.25, 0.3) is 0 Å². The van der Waals surface area contributed by atoms with Crippen molar-refractivity contribution in [2.24, 2.45) is 5.41 Å². The molecule has 0 N–H and O–H groups in total. The Hall–Kier alpha value is -2.43. The standard InChI is InChI=1S/C16H20N2O3.C3H8.C3H6.C2H6/c1-6-10-7-11(9-16(2,3)8-10)12-13(19)17(4)15(21)18(5)14(12)20;2*1-3-2;1-2/h6-7H,1,8-9H2,2-5H3;3H2,1-2H3;3H,1H2,2H3;1-2H3. The third-order valence-electron chi connectivity index (χ3n) is 3.91. The first-order valence-electron chi connectivity index (χ1n) is 10.2. The van der Waals surface area contributed by atoms with E-state index in [4.69, 9.17) is 0 Å². The number of rotatable bonds is 1. The van der Waals surface area contributed by atoms with Gasteiger partial charge >= 0.3 is 6.03 Å². The van der Waals surface area contributed by atoms with E-state index in [0.29, 0.717) is 12.0 Å². The molecule has 0 aromatic rings. The van der Waals surface area contributed by atoms with Crippen molar-refractivity contribution in [3.8, 4) is 0 Å². The fourth-order valence-corrected chi connectivity index (χ4v) is 2.85. The van der Waals surface area contributed by atoms with Crippen molar-refractivity contribution in [3.05, 3.63) is 48.1 Å². The van der Waals surface area contributed by atoms with Crippen LogP contribution in [0.5, 0.6) is 0 Å². The topological polar surface area (TPSA) is 57.7 Å². The summed E-state index contributed by atoms with van der Waals surface area (Å²) >= 11 is 0. The van der Waals surface area contributed by atoms with Crippen LogP contribution in [0.15, 0.2) is 48.1 Å². The smallest absolute Gasteiger partial charge is 0.268 e. The van der Waals surface area contributed by atoms with Gasteiger partial charge < -0.3 is 0 Å². The molecule has 0 atom stereocenters. The normalized spacial score (nSPS) is 17.7. The van der Waals surface area contributed by atoms with E-state index < -0.39 is 17.8 Å². The Kier molecular flexibility index (Phi) is 13.6. The van der Waals surface area contributed by atoms with E-state index in [1.807, 2.05) is 26.8 Å². The van der Waals surface area contributed by atoms with Gasteiger partial charge in [-0.05, 0) is 36.3 Å². The zero-order chi connectivity index (χ0) is 23.4. The first kappa shape index (κ1) is 28.8. The maximum Gasteiger partial charge on any atom is 0.333 e. The molecular formula is C24H40N2O3. The van der Waals surface area contributed by atoms with E-state index in [1.165, 1.54) is 20.5 Å². The van der Waals surface area contributed by atoms with Gasteiger partial charge in [-0.1, -0.05) is 72.8 Å². The van der Waals surface area contributed by atoms with Crippen LogP contribution in [-0.2, 0) is 9.59 Å². The molecule has 0 spiro atoms. The predicted molar refractivity (Wildman–Crippen MR) is 122 cm³/mol. The molecule has 2 aliphatic rings. The van der Waals surface area contributed by atoms with Gasteiger partial charge in [0.2, 0.25) is 0 Å². The zero-order valence-corrected chi connectivity index (χ0v) is 19.9. The summed E-state index contributed by atoms with van der Waals surface area (Å²) in [7, 11) is 2.78. The summed E-state index contributed by atoms with van der Waals surface area (Å²) in [5, 5.41) is 0. The first-order valence-corrected chi connectivity index (χ1v) is 10.2. The molecule has 0 radical (unpaired) electrons. The Morgan fingerprint density at radius 3 is 1.72 bits per heavy atom. The van der Waals surface area contributed by atoms with Gasteiger partial charge in [-0.2, -0.15) is 0 Å². The minimum absolute atomic E-state index is 0.0558. The van der Waals surface area contributed by atoms with Crippen molar-refractivity contribution in [3.63, 3.8) is 0 Å². The van der Waals surface area contributed by atoms with Gasteiger partial charge in [0.15, 0.2) is 0 Å². The Bertz CT molecular complexity index is 644. The fraction of sp³-hybridized carbons (Fsp3) is 0.542.